The Morgan fingerprint density at radius 2 is 1.76 bits per heavy atom. The third-order valence-corrected chi connectivity index (χ3v) is 6.58. The Hall–Kier alpha value is -3.36. The van der Waals surface area contributed by atoms with Crippen LogP contribution in [0.1, 0.15) is 36.1 Å². The Bertz CT molecular complexity index is 1340. The van der Waals surface area contributed by atoms with E-state index in [4.69, 9.17) is 11.6 Å². The zero-order chi connectivity index (χ0) is 24.1. The number of carbonyl (C=O) groups is 2. The molecule has 3 aromatic carbocycles. The van der Waals surface area contributed by atoms with Crippen LogP contribution in [0.3, 0.4) is 0 Å². The molecule has 4 rings (SSSR count). The lowest BCUT2D eigenvalue weighted by Gasteiger charge is -2.15. The van der Waals surface area contributed by atoms with Gasteiger partial charge >= 0.3 is 0 Å². The Labute approximate surface area is 206 Å². The van der Waals surface area contributed by atoms with Crippen LogP contribution in [0.25, 0.3) is 10.8 Å². The van der Waals surface area contributed by atoms with E-state index in [1.54, 1.807) is 24.3 Å². The van der Waals surface area contributed by atoms with Crippen LogP contribution < -0.4 is 10.6 Å². The van der Waals surface area contributed by atoms with Crippen molar-refractivity contribution in [3.05, 3.63) is 83.1 Å². The smallest absolute Gasteiger partial charge is 0.253 e. The third kappa shape index (κ3) is 5.40. The average molecular weight is 494 g/mol. The molecule has 1 aromatic heterocycles. The molecule has 0 fully saturated rings. The van der Waals surface area contributed by atoms with Crippen LogP contribution in [0.2, 0.25) is 5.02 Å². The highest BCUT2D eigenvalue weighted by molar-refractivity contribution is 7.99. The van der Waals surface area contributed by atoms with Gasteiger partial charge in [-0.1, -0.05) is 65.8 Å². The topological polar surface area (TPSA) is 88.9 Å². The predicted octanol–water partition coefficient (Wildman–Crippen LogP) is 5.33. The predicted molar refractivity (Wildman–Crippen MR) is 136 cm³/mol. The van der Waals surface area contributed by atoms with Crippen molar-refractivity contribution >= 4 is 51.6 Å². The van der Waals surface area contributed by atoms with Gasteiger partial charge in [-0.3, -0.25) is 9.59 Å². The van der Waals surface area contributed by atoms with Gasteiger partial charge in [-0.05, 0) is 48.9 Å². The second-order valence-corrected chi connectivity index (χ2v) is 9.01. The van der Waals surface area contributed by atoms with Crippen LogP contribution in [0.5, 0.6) is 0 Å². The van der Waals surface area contributed by atoms with E-state index >= 15 is 0 Å². The van der Waals surface area contributed by atoms with Crippen molar-refractivity contribution < 1.29 is 9.59 Å². The summed E-state index contributed by atoms with van der Waals surface area (Å²) in [5, 5.41) is 17.5. The van der Waals surface area contributed by atoms with Crippen LogP contribution in [0, 0.1) is 0 Å². The molecule has 2 N–H and O–H groups in total. The summed E-state index contributed by atoms with van der Waals surface area (Å²) in [4.78, 5) is 25.2. The average Bonchev–Trinajstić information content (AvgIpc) is 3.26. The minimum Gasteiger partial charge on any atom is -0.342 e. The molecule has 0 spiro atoms. The zero-order valence-corrected chi connectivity index (χ0v) is 20.4. The molecule has 34 heavy (non-hydrogen) atoms. The number of hydrogen-bond acceptors (Lipinski definition) is 5. The van der Waals surface area contributed by atoms with E-state index in [1.807, 2.05) is 60.9 Å². The lowest BCUT2D eigenvalue weighted by atomic mass is 10.1. The first-order valence-electron chi connectivity index (χ1n) is 10.9. The Balaban J connectivity index is 1.39. The molecule has 4 aromatic rings. The highest BCUT2D eigenvalue weighted by atomic mass is 35.5. The summed E-state index contributed by atoms with van der Waals surface area (Å²) in [6, 6.07) is 20.3. The van der Waals surface area contributed by atoms with Gasteiger partial charge in [0.1, 0.15) is 0 Å². The van der Waals surface area contributed by atoms with Crippen LogP contribution >= 0.6 is 23.4 Å². The summed E-state index contributed by atoms with van der Waals surface area (Å²) < 4.78 is 1.89. The van der Waals surface area contributed by atoms with Gasteiger partial charge in [0.2, 0.25) is 5.91 Å². The molecule has 0 bridgehead atoms. The van der Waals surface area contributed by atoms with Crippen molar-refractivity contribution in [1.29, 1.82) is 0 Å². The maximum Gasteiger partial charge on any atom is 0.253 e. The van der Waals surface area contributed by atoms with Gasteiger partial charge in [0, 0.05) is 12.2 Å². The molecule has 0 saturated carbocycles. The molecular weight excluding hydrogens is 470 g/mol. The summed E-state index contributed by atoms with van der Waals surface area (Å²) in [5.41, 5.74) is 1.15. The number of benzene rings is 3. The molecule has 0 saturated heterocycles. The first kappa shape index (κ1) is 23.8. The first-order valence-corrected chi connectivity index (χ1v) is 12.2. The Kier molecular flexibility index (Phi) is 7.49. The normalized spacial score (nSPS) is 11.9. The number of hydrogen-bond donors (Lipinski definition) is 2. The second-order valence-electron chi connectivity index (χ2n) is 7.66. The summed E-state index contributed by atoms with van der Waals surface area (Å²) in [5.74, 6) is 0.381. The molecule has 1 heterocycles. The molecule has 0 aliphatic rings. The van der Waals surface area contributed by atoms with Gasteiger partial charge in [0.05, 0.1) is 22.4 Å². The molecule has 0 radical (unpaired) electrons. The maximum absolute atomic E-state index is 12.6. The first-order chi connectivity index (χ1) is 16.5. The van der Waals surface area contributed by atoms with Gasteiger partial charge in [-0.25, -0.2) is 0 Å². The summed E-state index contributed by atoms with van der Waals surface area (Å²) in [6.45, 7) is 4.41. The number of aromatic nitrogens is 3. The monoisotopic (exact) mass is 493 g/mol. The highest BCUT2D eigenvalue weighted by Gasteiger charge is 2.21. The number of nitrogens with one attached hydrogen (secondary N) is 2. The molecule has 0 unspecified atom stereocenters. The number of rotatable bonds is 8. The number of nitrogens with zero attached hydrogens (tertiary/aromatic N) is 3. The van der Waals surface area contributed by atoms with Gasteiger partial charge in [0.25, 0.3) is 5.91 Å². The van der Waals surface area contributed by atoms with Gasteiger partial charge < -0.3 is 15.2 Å². The fourth-order valence-corrected chi connectivity index (χ4v) is 4.63. The van der Waals surface area contributed by atoms with Crippen molar-refractivity contribution in [3.63, 3.8) is 0 Å². The number of halogens is 1. The molecular formula is C25H24ClN5O2S. The van der Waals surface area contributed by atoms with Gasteiger partial charge in [0.15, 0.2) is 11.0 Å². The van der Waals surface area contributed by atoms with E-state index in [-0.39, 0.29) is 17.6 Å². The van der Waals surface area contributed by atoms with E-state index in [9.17, 15) is 9.59 Å². The van der Waals surface area contributed by atoms with Gasteiger partial charge in [-0.2, -0.15) is 0 Å². The number of carbonyl (C=O) groups excluding carboxylic acids is 2. The van der Waals surface area contributed by atoms with E-state index < -0.39 is 6.04 Å². The lowest BCUT2D eigenvalue weighted by molar-refractivity contribution is -0.113. The van der Waals surface area contributed by atoms with Crippen LogP contribution in [-0.2, 0) is 11.3 Å². The van der Waals surface area contributed by atoms with E-state index in [1.165, 1.54) is 11.8 Å². The summed E-state index contributed by atoms with van der Waals surface area (Å²) in [6.07, 6.45) is 0. The van der Waals surface area contributed by atoms with Crippen molar-refractivity contribution in [2.45, 2.75) is 31.6 Å². The Morgan fingerprint density at radius 1 is 1.03 bits per heavy atom. The molecule has 9 heteroatoms. The Morgan fingerprint density at radius 3 is 2.53 bits per heavy atom. The maximum atomic E-state index is 12.6. The summed E-state index contributed by atoms with van der Waals surface area (Å²) >= 11 is 7.44. The fourth-order valence-electron chi connectivity index (χ4n) is 3.60. The molecule has 7 nitrogen and oxygen atoms in total. The SMILES string of the molecule is CCn1c(SCC(=O)Nc2ccc3ccccc3c2)nnc1[C@H](C)NC(=O)c1ccccc1Cl. The van der Waals surface area contributed by atoms with Crippen molar-refractivity contribution in [2.24, 2.45) is 0 Å². The number of fused-ring (bicyclic) bond motifs is 1. The molecule has 1 atom stereocenters. The van der Waals surface area contributed by atoms with Crippen LogP contribution in [-0.4, -0.2) is 32.3 Å². The number of thioether (sulfide) groups is 1. The lowest BCUT2D eigenvalue weighted by Crippen LogP contribution is -2.29. The molecule has 0 aliphatic carbocycles. The molecule has 174 valence electrons. The standard InChI is InChI=1S/C25H24ClN5O2S/c1-3-31-23(16(2)27-24(33)20-10-6-7-11-21(20)26)29-30-25(31)34-15-22(32)28-19-13-12-17-8-4-5-9-18(17)14-19/h4-14,16H,3,15H2,1-2H3,(H,27,33)(H,28,32)/t16-/m0/s1. The van der Waals surface area contributed by atoms with E-state index in [0.717, 1.165) is 16.5 Å². The number of anilines is 1. The van der Waals surface area contributed by atoms with Crippen molar-refractivity contribution in [2.75, 3.05) is 11.1 Å². The highest BCUT2D eigenvalue weighted by Crippen LogP contribution is 2.23. The van der Waals surface area contributed by atoms with Crippen molar-refractivity contribution in [3.8, 4) is 0 Å². The van der Waals surface area contributed by atoms with E-state index in [2.05, 4.69) is 20.8 Å². The number of amides is 2. The molecule has 0 aliphatic heterocycles. The van der Waals surface area contributed by atoms with E-state index in [0.29, 0.717) is 28.1 Å². The zero-order valence-electron chi connectivity index (χ0n) is 18.8. The third-order valence-electron chi connectivity index (χ3n) is 5.28. The molecule has 2 amide bonds. The minimum absolute atomic E-state index is 0.132. The quantitative estimate of drug-likeness (QED) is 0.324. The van der Waals surface area contributed by atoms with Crippen LogP contribution in [0.15, 0.2) is 71.9 Å². The largest absolute Gasteiger partial charge is 0.342 e. The minimum atomic E-state index is -0.392. The van der Waals surface area contributed by atoms with Crippen molar-refractivity contribution in [1.82, 2.24) is 20.1 Å². The fraction of sp³-hybridized carbons (Fsp3) is 0.200. The second kappa shape index (κ2) is 10.7. The van der Waals surface area contributed by atoms with Gasteiger partial charge in [-0.15, -0.1) is 10.2 Å². The summed E-state index contributed by atoms with van der Waals surface area (Å²) in [7, 11) is 0. The van der Waals surface area contributed by atoms with Crippen LogP contribution in [0.4, 0.5) is 5.69 Å².